The van der Waals surface area contributed by atoms with Gasteiger partial charge in [0, 0.05) is 18.3 Å². The Morgan fingerprint density at radius 2 is 1.88 bits per heavy atom. The Labute approximate surface area is 101 Å². The fourth-order valence-corrected chi connectivity index (χ4v) is 1.60. The first-order valence-corrected chi connectivity index (χ1v) is 5.44. The number of rotatable bonds is 4. The SMILES string of the molecule is COc1ccc(NCc2ccccc2)cc1O. The highest BCUT2D eigenvalue weighted by Gasteiger charge is 2.01. The average Bonchev–Trinajstić information content (AvgIpc) is 2.38. The summed E-state index contributed by atoms with van der Waals surface area (Å²) < 4.78 is 4.98. The van der Waals surface area contributed by atoms with E-state index in [0.29, 0.717) is 5.75 Å². The molecular weight excluding hydrogens is 214 g/mol. The molecule has 0 amide bonds. The van der Waals surface area contributed by atoms with Gasteiger partial charge >= 0.3 is 0 Å². The van der Waals surface area contributed by atoms with Crippen molar-refractivity contribution in [1.82, 2.24) is 0 Å². The number of benzene rings is 2. The van der Waals surface area contributed by atoms with E-state index in [9.17, 15) is 5.11 Å². The molecule has 2 aromatic carbocycles. The Kier molecular flexibility index (Phi) is 3.50. The monoisotopic (exact) mass is 229 g/mol. The highest BCUT2D eigenvalue weighted by Crippen LogP contribution is 2.28. The van der Waals surface area contributed by atoms with Gasteiger partial charge in [0.1, 0.15) is 0 Å². The molecule has 0 aliphatic rings. The number of ether oxygens (including phenoxy) is 1. The van der Waals surface area contributed by atoms with Crippen LogP contribution in [0.5, 0.6) is 11.5 Å². The van der Waals surface area contributed by atoms with E-state index in [1.165, 1.54) is 12.7 Å². The molecule has 0 radical (unpaired) electrons. The number of phenols is 1. The number of hydrogen-bond donors (Lipinski definition) is 2. The fraction of sp³-hybridized carbons (Fsp3) is 0.143. The first kappa shape index (κ1) is 11.3. The number of aromatic hydroxyl groups is 1. The third-order valence-electron chi connectivity index (χ3n) is 2.52. The molecule has 0 unspecified atom stereocenters. The van der Waals surface area contributed by atoms with Crippen molar-refractivity contribution in [2.45, 2.75) is 6.54 Å². The zero-order valence-electron chi connectivity index (χ0n) is 9.68. The van der Waals surface area contributed by atoms with E-state index in [0.717, 1.165) is 12.2 Å². The van der Waals surface area contributed by atoms with Gasteiger partial charge in [0.05, 0.1) is 7.11 Å². The second-order valence-electron chi connectivity index (χ2n) is 3.73. The van der Waals surface area contributed by atoms with Crippen molar-refractivity contribution in [2.75, 3.05) is 12.4 Å². The Morgan fingerprint density at radius 3 is 2.53 bits per heavy atom. The van der Waals surface area contributed by atoms with Crippen LogP contribution in [0.3, 0.4) is 0 Å². The fourth-order valence-electron chi connectivity index (χ4n) is 1.60. The molecule has 0 heterocycles. The second-order valence-corrected chi connectivity index (χ2v) is 3.73. The van der Waals surface area contributed by atoms with Crippen molar-refractivity contribution in [3.05, 3.63) is 54.1 Å². The maximum Gasteiger partial charge on any atom is 0.160 e. The summed E-state index contributed by atoms with van der Waals surface area (Å²) in [6.07, 6.45) is 0. The van der Waals surface area contributed by atoms with E-state index < -0.39 is 0 Å². The zero-order chi connectivity index (χ0) is 12.1. The van der Waals surface area contributed by atoms with Gasteiger partial charge in [-0.1, -0.05) is 30.3 Å². The molecule has 0 aliphatic carbocycles. The summed E-state index contributed by atoms with van der Waals surface area (Å²) >= 11 is 0. The van der Waals surface area contributed by atoms with Crippen LogP contribution in [-0.2, 0) is 6.54 Å². The maximum atomic E-state index is 9.62. The Bertz CT molecular complexity index is 483. The molecule has 0 atom stereocenters. The lowest BCUT2D eigenvalue weighted by molar-refractivity contribution is 0.373. The lowest BCUT2D eigenvalue weighted by atomic mass is 10.2. The van der Waals surface area contributed by atoms with Crippen LogP contribution in [0.1, 0.15) is 5.56 Å². The summed E-state index contributed by atoms with van der Waals surface area (Å²) in [6, 6.07) is 15.4. The van der Waals surface area contributed by atoms with Gasteiger partial charge in [-0.05, 0) is 17.7 Å². The quantitative estimate of drug-likeness (QED) is 0.846. The lowest BCUT2D eigenvalue weighted by Gasteiger charge is -2.09. The van der Waals surface area contributed by atoms with Crippen molar-refractivity contribution in [3.63, 3.8) is 0 Å². The van der Waals surface area contributed by atoms with Gasteiger partial charge in [0.15, 0.2) is 11.5 Å². The van der Waals surface area contributed by atoms with Gasteiger partial charge in [0.25, 0.3) is 0 Å². The van der Waals surface area contributed by atoms with Crippen LogP contribution in [0.4, 0.5) is 5.69 Å². The van der Waals surface area contributed by atoms with Crippen LogP contribution in [-0.4, -0.2) is 12.2 Å². The van der Waals surface area contributed by atoms with E-state index in [1.54, 1.807) is 12.1 Å². The summed E-state index contributed by atoms with van der Waals surface area (Å²) in [5.74, 6) is 0.626. The molecular formula is C14H15NO2. The van der Waals surface area contributed by atoms with Crippen LogP contribution in [0.25, 0.3) is 0 Å². The lowest BCUT2D eigenvalue weighted by Crippen LogP contribution is -1.98. The molecule has 0 bridgehead atoms. The minimum Gasteiger partial charge on any atom is -0.504 e. The molecule has 17 heavy (non-hydrogen) atoms. The molecule has 2 aromatic rings. The Morgan fingerprint density at radius 1 is 1.12 bits per heavy atom. The predicted molar refractivity (Wildman–Crippen MR) is 68.4 cm³/mol. The summed E-state index contributed by atoms with van der Waals surface area (Å²) in [5, 5.41) is 12.9. The van der Waals surface area contributed by atoms with E-state index in [2.05, 4.69) is 17.4 Å². The van der Waals surface area contributed by atoms with E-state index in [4.69, 9.17) is 4.74 Å². The standard InChI is InChI=1S/C14H15NO2/c1-17-14-8-7-12(9-13(14)16)15-10-11-5-3-2-4-6-11/h2-9,15-16H,10H2,1H3. The predicted octanol–water partition coefficient (Wildman–Crippen LogP) is 3.01. The third-order valence-corrected chi connectivity index (χ3v) is 2.52. The largest absolute Gasteiger partial charge is 0.504 e. The van der Waals surface area contributed by atoms with Crippen molar-refractivity contribution in [2.24, 2.45) is 0 Å². The van der Waals surface area contributed by atoms with Crippen molar-refractivity contribution >= 4 is 5.69 Å². The van der Waals surface area contributed by atoms with Gasteiger partial charge < -0.3 is 15.2 Å². The van der Waals surface area contributed by atoms with Crippen LogP contribution < -0.4 is 10.1 Å². The zero-order valence-corrected chi connectivity index (χ0v) is 9.68. The summed E-state index contributed by atoms with van der Waals surface area (Å²) in [7, 11) is 1.53. The van der Waals surface area contributed by atoms with E-state index in [1.807, 2.05) is 24.3 Å². The van der Waals surface area contributed by atoms with Gasteiger partial charge in [-0.3, -0.25) is 0 Å². The van der Waals surface area contributed by atoms with Crippen LogP contribution in [0.15, 0.2) is 48.5 Å². The van der Waals surface area contributed by atoms with Gasteiger partial charge in [-0.25, -0.2) is 0 Å². The smallest absolute Gasteiger partial charge is 0.160 e. The summed E-state index contributed by atoms with van der Waals surface area (Å²) in [5.41, 5.74) is 2.06. The Hall–Kier alpha value is -2.16. The van der Waals surface area contributed by atoms with Gasteiger partial charge in [-0.15, -0.1) is 0 Å². The molecule has 0 aromatic heterocycles. The van der Waals surface area contributed by atoms with Crippen LogP contribution in [0, 0.1) is 0 Å². The van der Waals surface area contributed by atoms with Crippen LogP contribution in [0.2, 0.25) is 0 Å². The molecule has 0 spiro atoms. The van der Waals surface area contributed by atoms with E-state index >= 15 is 0 Å². The summed E-state index contributed by atoms with van der Waals surface area (Å²) in [6.45, 7) is 0.729. The number of phenolic OH excluding ortho intramolecular Hbond substituents is 1. The molecule has 0 saturated carbocycles. The van der Waals surface area contributed by atoms with Gasteiger partial charge in [-0.2, -0.15) is 0 Å². The third kappa shape index (κ3) is 2.91. The molecule has 3 heteroatoms. The second kappa shape index (κ2) is 5.25. The average molecular weight is 229 g/mol. The highest BCUT2D eigenvalue weighted by atomic mass is 16.5. The molecule has 0 saturated heterocycles. The van der Waals surface area contributed by atoms with E-state index in [-0.39, 0.29) is 5.75 Å². The highest BCUT2D eigenvalue weighted by molar-refractivity contribution is 5.54. The van der Waals surface area contributed by atoms with Crippen molar-refractivity contribution in [3.8, 4) is 11.5 Å². The number of anilines is 1. The Balaban J connectivity index is 2.02. The maximum absolute atomic E-state index is 9.62. The molecule has 0 fully saturated rings. The summed E-state index contributed by atoms with van der Waals surface area (Å²) in [4.78, 5) is 0. The molecule has 2 N–H and O–H groups in total. The first-order chi connectivity index (χ1) is 8.29. The molecule has 3 nitrogen and oxygen atoms in total. The molecule has 2 rings (SSSR count). The topological polar surface area (TPSA) is 41.5 Å². The molecule has 0 aliphatic heterocycles. The first-order valence-electron chi connectivity index (χ1n) is 5.44. The van der Waals surface area contributed by atoms with Crippen LogP contribution >= 0.6 is 0 Å². The van der Waals surface area contributed by atoms with Gasteiger partial charge in [0.2, 0.25) is 0 Å². The number of methoxy groups -OCH3 is 1. The van der Waals surface area contributed by atoms with Crippen molar-refractivity contribution in [1.29, 1.82) is 0 Å². The molecule has 88 valence electrons. The minimum absolute atomic E-state index is 0.144. The minimum atomic E-state index is 0.144. The number of nitrogens with one attached hydrogen (secondary N) is 1. The normalized spacial score (nSPS) is 9.94. The van der Waals surface area contributed by atoms with Crippen molar-refractivity contribution < 1.29 is 9.84 Å². The number of hydrogen-bond acceptors (Lipinski definition) is 3.